The molecule has 1 aromatic carbocycles. The summed E-state index contributed by atoms with van der Waals surface area (Å²) < 4.78 is 57.2. The Morgan fingerprint density at radius 2 is 1.39 bits per heavy atom. The average Bonchev–Trinajstić information content (AvgIpc) is 2.84. The molecule has 0 radical (unpaired) electrons. The van der Waals surface area contributed by atoms with Crippen molar-refractivity contribution in [1.29, 1.82) is 0 Å². The third-order valence-corrected chi connectivity index (χ3v) is 15.5. The normalized spacial score (nSPS) is 14.1. The number of halogens is 3. The van der Waals surface area contributed by atoms with Crippen LogP contribution in [0.1, 0.15) is 47.5 Å². The molecule has 11 heteroatoms. The van der Waals surface area contributed by atoms with Crippen LogP contribution in [0.4, 0.5) is 18.9 Å². The first-order chi connectivity index (χ1) is 16.7. The van der Waals surface area contributed by atoms with E-state index in [1.165, 1.54) is 17.4 Å². The molecule has 0 fully saturated rings. The van der Waals surface area contributed by atoms with Crippen molar-refractivity contribution in [2.45, 2.75) is 83.9 Å². The molecule has 0 aromatic heterocycles. The molecule has 2 unspecified atom stereocenters. The second kappa shape index (κ2) is 19.7. The van der Waals surface area contributed by atoms with Crippen molar-refractivity contribution in [3.8, 4) is 0 Å². The minimum atomic E-state index is -4.52. The fraction of sp³-hybridized carbons (Fsp3) is 0.640. The molecule has 5 nitrogen and oxygen atoms in total. The second-order valence-electron chi connectivity index (χ2n) is 9.20. The molecule has 1 aromatic rings. The van der Waals surface area contributed by atoms with E-state index < -0.39 is 35.1 Å². The van der Waals surface area contributed by atoms with Gasteiger partial charge in [-0.05, 0) is 42.4 Å². The monoisotopic (exact) mass is 567 g/mol. The van der Waals surface area contributed by atoms with Crippen molar-refractivity contribution in [1.82, 2.24) is 0 Å². The molecule has 0 N–H and O–H groups in total. The number of para-hydroxylation sites is 1. The van der Waals surface area contributed by atoms with Gasteiger partial charge in [0.2, 0.25) is 24.4 Å². The number of carbonyl (C=O) groups is 1. The lowest BCUT2D eigenvalue weighted by atomic mass is 10.2. The Kier molecular flexibility index (Phi) is 21.4. The van der Waals surface area contributed by atoms with E-state index in [-0.39, 0.29) is 11.7 Å². The summed E-state index contributed by atoms with van der Waals surface area (Å²) in [5.41, 5.74) is 1.38. The molecule has 0 aliphatic rings. The molecule has 1 rings (SSSR count). The summed E-state index contributed by atoms with van der Waals surface area (Å²) in [6.45, 7) is 20.9. The van der Waals surface area contributed by atoms with Gasteiger partial charge in [0.05, 0.1) is 0 Å². The highest BCUT2D eigenvalue weighted by Gasteiger charge is 2.39. The van der Waals surface area contributed by atoms with Crippen LogP contribution in [0.15, 0.2) is 43.5 Å². The van der Waals surface area contributed by atoms with Crippen LogP contribution in [0, 0.1) is 0 Å². The number of benzene rings is 1. The van der Waals surface area contributed by atoms with E-state index in [0.29, 0.717) is 15.8 Å². The van der Waals surface area contributed by atoms with Crippen molar-refractivity contribution in [3.63, 3.8) is 0 Å². The number of carbonyl (C=O) groups excluding carboxylic acids is 1. The van der Waals surface area contributed by atoms with E-state index in [1.807, 2.05) is 27.5 Å². The number of anilines is 1. The number of alkyl halides is 3. The van der Waals surface area contributed by atoms with Crippen LogP contribution in [-0.2, 0) is 18.1 Å². The van der Waals surface area contributed by atoms with Gasteiger partial charge < -0.3 is 18.2 Å². The lowest BCUT2D eigenvalue weighted by molar-refractivity contribution is -0.151. The van der Waals surface area contributed by atoms with E-state index >= 15 is 0 Å². The molecular formula is C25H48F3NO4Si3. The summed E-state index contributed by atoms with van der Waals surface area (Å²) in [5.74, 6) is -0.949. The predicted molar refractivity (Wildman–Crippen MR) is 152 cm³/mol. The zero-order valence-electron chi connectivity index (χ0n) is 23.7. The van der Waals surface area contributed by atoms with Gasteiger partial charge in [0.15, 0.2) is 8.32 Å². The molecule has 2 atom stereocenters. The summed E-state index contributed by atoms with van der Waals surface area (Å²) in [6.07, 6.45) is -4.53. The van der Waals surface area contributed by atoms with E-state index in [4.69, 9.17) is 13.3 Å². The lowest BCUT2D eigenvalue weighted by Crippen LogP contribution is -2.52. The van der Waals surface area contributed by atoms with Gasteiger partial charge in [-0.3, -0.25) is 4.79 Å². The van der Waals surface area contributed by atoms with Gasteiger partial charge in [-0.1, -0.05) is 59.2 Å². The Morgan fingerprint density at radius 3 is 1.67 bits per heavy atom. The highest BCUT2D eigenvalue weighted by atomic mass is 28.4. The first-order valence-corrected chi connectivity index (χ1v) is 17.9. The molecule has 0 saturated heterocycles. The third-order valence-electron chi connectivity index (χ3n) is 6.31. The van der Waals surface area contributed by atoms with Crippen LogP contribution in [-0.4, -0.2) is 59.2 Å². The largest absolute Gasteiger partial charge is 0.420 e. The molecule has 1 amide bonds. The lowest BCUT2D eigenvalue weighted by Gasteiger charge is -2.35. The van der Waals surface area contributed by atoms with Crippen LogP contribution < -0.4 is 4.90 Å². The van der Waals surface area contributed by atoms with Crippen molar-refractivity contribution in [2.24, 2.45) is 0 Å². The van der Waals surface area contributed by atoms with Crippen molar-refractivity contribution in [3.05, 3.63) is 43.5 Å². The Morgan fingerprint density at radius 1 is 0.972 bits per heavy atom. The van der Waals surface area contributed by atoms with Crippen molar-refractivity contribution in [2.75, 3.05) is 25.3 Å². The smallest absolute Gasteiger partial charge is 0.397 e. The zero-order valence-corrected chi connectivity index (χ0v) is 27.1. The molecule has 0 aliphatic carbocycles. The Labute approximate surface area is 222 Å². The summed E-state index contributed by atoms with van der Waals surface area (Å²) in [6, 6.07) is 9.72. The second-order valence-corrected chi connectivity index (χ2v) is 18.4. The molecular weight excluding hydrogens is 520 g/mol. The molecule has 0 spiro atoms. The Hall–Kier alpha value is -1.41. The summed E-state index contributed by atoms with van der Waals surface area (Å²) in [7, 11) is 0.386. The van der Waals surface area contributed by atoms with E-state index in [9.17, 15) is 18.0 Å². The maximum absolute atomic E-state index is 12.6. The molecule has 0 aliphatic heterocycles. The van der Waals surface area contributed by atoms with Gasteiger partial charge in [-0.25, -0.2) is 0 Å². The quantitative estimate of drug-likeness (QED) is 0.227. The van der Waals surface area contributed by atoms with Gasteiger partial charge in [0.1, 0.15) is 6.42 Å². The molecule has 0 bridgehead atoms. The minimum Gasteiger partial charge on any atom is -0.420 e. The van der Waals surface area contributed by atoms with Gasteiger partial charge in [0.25, 0.3) is 0 Å². The Balaban J connectivity index is -0.000000652. The van der Waals surface area contributed by atoms with Gasteiger partial charge in [0, 0.05) is 26.1 Å². The summed E-state index contributed by atoms with van der Waals surface area (Å²) in [4.78, 5) is 13.4. The SMILES string of the molecule is C=C.CCC[Si](C)(OC)C(C)C.CO[Si](C)(CN(C(=O)CC(F)(F)F)c1ccccc1)C(C)C.O=[SiH2]. The van der Waals surface area contributed by atoms with Crippen LogP contribution >= 0.6 is 0 Å². The fourth-order valence-corrected chi connectivity index (χ4v) is 7.32. The maximum Gasteiger partial charge on any atom is 0.397 e. The maximum atomic E-state index is 12.6. The van der Waals surface area contributed by atoms with Crippen molar-refractivity contribution >= 4 is 38.4 Å². The number of hydrogen-bond donors (Lipinski definition) is 0. The number of hydrogen-bond acceptors (Lipinski definition) is 4. The summed E-state index contributed by atoms with van der Waals surface area (Å²) in [5, 5.41) is 0. The third kappa shape index (κ3) is 15.0. The van der Waals surface area contributed by atoms with Crippen LogP contribution in [0.5, 0.6) is 0 Å². The molecule has 210 valence electrons. The predicted octanol–water partition coefficient (Wildman–Crippen LogP) is 6.94. The number of nitrogens with zero attached hydrogens (tertiary/aromatic N) is 1. The van der Waals surface area contributed by atoms with Crippen LogP contribution in [0.2, 0.25) is 30.2 Å². The first kappa shape index (κ1) is 39.1. The molecule has 0 saturated carbocycles. The van der Waals surface area contributed by atoms with Gasteiger partial charge in [-0.2, -0.15) is 13.2 Å². The highest BCUT2D eigenvalue weighted by Crippen LogP contribution is 2.28. The standard InChI is InChI=1S/C15H22F3NO2Si.C8H20OSi.C2H4.H2OSi/c1-12(2)22(4,21-3)11-19(13-8-6-5-7-9-13)14(20)10-15(16,17)18;1-6-7-10(5,9-4)8(2)3;2*1-2/h5-9,12H,10-11H2,1-4H3;8H,6-7H2,1-5H3;1-2H2;2H2. The van der Waals surface area contributed by atoms with E-state index in [1.54, 1.807) is 37.4 Å². The highest BCUT2D eigenvalue weighted by molar-refractivity contribution is 6.74. The number of amides is 1. The fourth-order valence-electron chi connectivity index (χ4n) is 3.12. The Bertz CT molecular complexity index is 710. The van der Waals surface area contributed by atoms with Crippen molar-refractivity contribution < 1.29 is 31.3 Å². The van der Waals surface area contributed by atoms with Crippen LogP contribution in [0.25, 0.3) is 0 Å². The van der Waals surface area contributed by atoms with Gasteiger partial charge in [-0.15, -0.1) is 13.2 Å². The molecule has 36 heavy (non-hydrogen) atoms. The zero-order chi connectivity index (χ0) is 29.2. The van der Waals surface area contributed by atoms with E-state index in [0.717, 1.165) is 5.54 Å². The van der Waals surface area contributed by atoms with E-state index in [2.05, 4.69) is 40.5 Å². The molecule has 0 heterocycles. The average molecular weight is 568 g/mol. The van der Waals surface area contributed by atoms with Gasteiger partial charge >= 0.3 is 6.18 Å². The summed E-state index contributed by atoms with van der Waals surface area (Å²) >= 11 is 0. The minimum absolute atomic E-state index is 0.169. The first-order valence-electron chi connectivity index (χ1n) is 12.0. The number of rotatable bonds is 10. The topological polar surface area (TPSA) is 55.8 Å². The van der Waals surface area contributed by atoms with Crippen LogP contribution in [0.3, 0.4) is 0 Å².